The Morgan fingerprint density at radius 3 is 1.43 bits per heavy atom. The average molecular weight is 288 g/mol. The first-order valence-corrected chi connectivity index (χ1v) is 8.06. The molecule has 6 aliphatic carbocycles. The van der Waals surface area contributed by atoms with Gasteiger partial charge >= 0.3 is 13.3 Å². The van der Waals surface area contributed by atoms with Crippen LogP contribution >= 0.6 is 0 Å². The Labute approximate surface area is 125 Å². The fraction of sp³-hybridized carbons (Fsp3) is 0.938. The van der Waals surface area contributed by atoms with E-state index in [1.165, 1.54) is 0 Å². The molecule has 112 valence electrons. The predicted molar refractivity (Wildman–Crippen MR) is 72.8 cm³/mol. The Morgan fingerprint density at radius 2 is 1.10 bits per heavy atom. The normalized spacial score (nSPS) is 63.4. The second kappa shape index (κ2) is 2.91. The molecule has 0 bridgehead atoms. The standard InChI is InChI=1S/C15H21BO2.CO2/c1-12(2)13(3,4)18-16(17-12)15-9-6-10(15)8-11(15)7(9)14(6,8)5;2-1-3/h6-11H,1-5H3;. The van der Waals surface area contributed by atoms with Gasteiger partial charge in [0.25, 0.3) is 0 Å². The summed E-state index contributed by atoms with van der Waals surface area (Å²) in [6.07, 6.45) is 0.250. The maximum atomic E-state index is 8.12. The Bertz CT molecular complexity index is 534. The Morgan fingerprint density at radius 1 is 0.762 bits per heavy atom. The Balaban J connectivity index is 0.000000324. The molecule has 0 amide bonds. The van der Waals surface area contributed by atoms with Gasteiger partial charge in [-0.05, 0) is 68.6 Å². The van der Waals surface area contributed by atoms with E-state index in [0.29, 0.717) is 5.31 Å². The summed E-state index contributed by atoms with van der Waals surface area (Å²) in [6, 6.07) is 0. The van der Waals surface area contributed by atoms with Gasteiger partial charge in [0.1, 0.15) is 0 Å². The quantitative estimate of drug-likeness (QED) is 0.693. The minimum Gasteiger partial charge on any atom is -0.403 e. The lowest BCUT2D eigenvalue weighted by Crippen LogP contribution is -3.08. The van der Waals surface area contributed by atoms with Crippen molar-refractivity contribution in [2.24, 2.45) is 40.9 Å². The van der Waals surface area contributed by atoms with Crippen molar-refractivity contribution in [2.45, 2.75) is 51.1 Å². The van der Waals surface area contributed by atoms with Crippen LogP contribution < -0.4 is 0 Å². The molecule has 0 spiro atoms. The minimum absolute atomic E-state index is 0.107. The van der Waals surface area contributed by atoms with Gasteiger partial charge in [0.2, 0.25) is 0 Å². The van der Waals surface area contributed by atoms with Crippen molar-refractivity contribution in [3.05, 3.63) is 0 Å². The minimum atomic E-state index is -0.142. The van der Waals surface area contributed by atoms with Gasteiger partial charge in [-0.2, -0.15) is 9.59 Å². The molecule has 1 saturated heterocycles. The van der Waals surface area contributed by atoms with E-state index in [-0.39, 0.29) is 24.5 Å². The van der Waals surface area contributed by atoms with Crippen LogP contribution in [0.4, 0.5) is 0 Å². The van der Waals surface area contributed by atoms with Crippen LogP contribution in [0, 0.1) is 40.9 Å². The maximum Gasteiger partial charge on any atom is 0.465 e. The van der Waals surface area contributed by atoms with Crippen LogP contribution in [0.5, 0.6) is 0 Å². The maximum absolute atomic E-state index is 8.12. The zero-order valence-corrected chi connectivity index (χ0v) is 13.2. The first kappa shape index (κ1) is 12.9. The highest BCUT2D eigenvalue weighted by Crippen LogP contribution is 3.13. The molecule has 0 aromatic heterocycles. The van der Waals surface area contributed by atoms with Crippen LogP contribution in [0.3, 0.4) is 0 Å². The van der Waals surface area contributed by atoms with Gasteiger partial charge in [-0.25, -0.2) is 0 Å². The molecule has 0 atom stereocenters. The highest BCUT2D eigenvalue weighted by atomic mass is 16.7. The second-order valence-electron chi connectivity index (χ2n) is 9.19. The van der Waals surface area contributed by atoms with Gasteiger partial charge in [-0.3, -0.25) is 0 Å². The number of carbonyl (C=O) groups excluding carboxylic acids is 2. The molecule has 7 rings (SSSR count). The Hall–Kier alpha value is -0.635. The van der Waals surface area contributed by atoms with Gasteiger partial charge in [-0.1, -0.05) is 6.92 Å². The molecule has 6 saturated carbocycles. The molecular weight excluding hydrogens is 267 g/mol. The van der Waals surface area contributed by atoms with Crippen molar-refractivity contribution in [2.75, 3.05) is 0 Å². The summed E-state index contributed by atoms with van der Waals surface area (Å²) < 4.78 is 12.8. The van der Waals surface area contributed by atoms with Gasteiger partial charge in [0.05, 0.1) is 11.2 Å². The molecule has 0 unspecified atom stereocenters. The van der Waals surface area contributed by atoms with E-state index >= 15 is 0 Å². The summed E-state index contributed by atoms with van der Waals surface area (Å²) in [4.78, 5) is 16.2. The van der Waals surface area contributed by atoms with Crippen molar-refractivity contribution in [3.63, 3.8) is 0 Å². The lowest BCUT2D eigenvalue weighted by molar-refractivity contribution is -0.603. The van der Waals surface area contributed by atoms with E-state index in [4.69, 9.17) is 18.9 Å². The molecule has 4 nitrogen and oxygen atoms in total. The summed E-state index contributed by atoms with van der Waals surface area (Å²) >= 11 is 0. The van der Waals surface area contributed by atoms with Crippen molar-refractivity contribution >= 4 is 13.3 Å². The van der Waals surface area contributed by atoms with Gasteiger partial charge in [0.15, 0.2) is 0 Å². The van der Waals surface area contributed by atoms with Crippen molar-refractivity contribution in [1.29, 1.82) is 0 Å². The number of hydrogen-bond acceptors (Lipinski definition) is 4. The van der Waals surface area contributed by atoms with E-state index < -0.39 is 0 Å². The SMILES string of the molecule is CC12C3C4C1C1C2C3C41B1OC(C)(C)C(C)(C)O1.O=C=O. The number of hydrogen-bond donors (Lipinski definition) is 0. The molecule has 7 fully saturated rings. The lowest BCUT2D eigenvalue weighted by atomic mass is 8.88. The van der Waals surface area contributed by atoms with Crippen LogP contribution in [0.2, 0.25) is 5.31 Å². The zero-order chi connectivity index (χ0) is 15.2. The molecule has 0 aromatic carbocycles. The van der Waals surface area contributed by atoms with Crippen LogP contribution in [-0.4, -0.2) is 24.5 Å². The monoisotopic (exact) mass is 288 g/mol. The van der Waals surface area contributed by atoms with Crippen LogP contribution in [-0.2, 0) is 18.9 Å². The predicted octanol–water partition coefficient (Wildman–Crippen LogP) is 2.01. The van der Waals surface area contributed by atoms with Gasteiger partial charge in [0, 0.05) is 5.31 Å². The molecule has 0 aromatic rings. The largest absolute Gasteiger partial charge is 0.465 e. The smallest absolute Gasteiger partial charge is 0.403 e. The van der Waals surface area contributed by atoms with Crippen molar-refractivity contribution in [3.8, 4) is 0 Å². The van der Waals surface area contributed by atoms with E-state index in [2.05, 4.69) is 34.6 Å². The summed E-state index contributed by atoms with van der Waals surface area (Å²) in [7, 11) is 0.107. The van der Waals surface area contributed by atoms with Crippen LogP contribution in [0.25, 0.3) is 0 Å². The lowest BCUT2D eigenvalue weighted by Gasteiger charge is -3.11. The summed E-state index contributed by atoms with van der Waals surface area (Å²) in [5.74, 6) is 6.15. The fourth-order valence-corrected chi connectivity index (χ4v) is 7.67. The third-order valence-corrected chi connectivity index (χ3v) is 8.87. The topological polar surface area (TPSA) is 52.6 Å². The van der Waals surface area contributed by atoms with Gasteiger partial charge in [-0.15, -0.1) is 0 Å². The van der Waals surface area contributed by atoms with Crippen LogP contribution in [0.15, 0.2) is 0 Å². The molecule has 0 N–H and O–H groups in total. The Kier molecular flexibility index (Phi) is 1.78. The van der Waals surface area contributed by atoms with E-state index in [1.54, 1.807) is 0 Å². The van der Waals surface area contributed by atoms with Crippen LogP contribution in [0.1, 0.15) is 34.6 Å². The third kappa shape index (κ3) is 0.820. The molecular formula is C16H21BO4. The summed E-state index contributed by atoms with van der Waals surface area (Å²) in [6.45, 7) is 11.3. The average Bonchev–Trinajstić information content (AvgIpc) is 2.60. The zero-order valence-electron chi connectivity index (χ0n) is 13.2. The molecule has 21 heavy (non-hydrogen) atoms. The fourth-order valence-electron chi connectivity index (χ4n) is 7.67. The summed E-state index contributed by atoms with van der Waals surface area (Å²) in [5, 5.41) is 0.489. The van der Waals surface area contributed by atoms with E-state index in [0.717, 1.165) is 40.9 Å². The van der Waals surface area contributed by atoms with E-state index in [1.807, 2.05) is 0 Å². The van der Waals surface area contributed by atoms with E-state index in [9.17, 15) is 0 Å². The first-order valence-electron chi connectivity index (χ1n) is 8.06. The molecule has 1 aliphatic heterocycles. The molecule has 1 heterocycles. The van der Waals surface area contributed by atoms with Gasteiger partial charge < -0.3 is 9.31 Å². The molecule has 7 aliphatic rings. The molecule has 0 radical (unpaired) electrons. The molecule has 5 heteroatoms. The highest BCUT2D eigenvalue weighted by Gasteiger charge is 3.10. The van der Waals surface area contributed by atoms with Crippen molar-refractivity contribution < 1.29 is 18.9 Å². The first-order chi connectivity index (χ1) is 9.71. The van der Waals surface area contributed by atoms with Crippen molar-refractivity contribution in [1.82, 2.24) is 0 Å². The summed E-state index contributed by atoms with van der Waals surface area (Å²) in [5.41, 5.74) is 0.513. The second-order valence-corrected chi connectivity index (χ2v) is 9.19. The highest BCUT2D eigenvalue weighted by molar-refractivity contribution is 6.52. The number of rotatable bonds is 1. The third-order valence-electron chi connectivity index (χ3n) is 8.87.